The number of ether oxygens (including phenoxy) is 1. The molecule has 19 heavy (non-hydrogen) atoms. The van der Waals surface area contributed by atoms with Crippen LogP contribution in [0, 0.1) is 5.92 Å². The first-order valence-electron chi connectivity index (χ1n) is 6.26. The second kappa shape index (κ2) is 7.41. The Morgan fingerprint density at radius 3 is 2.53 bits per heavy atom. The molecule has 0 amide bonds. The number of carbonyl (C=O) groups excluding carboxylic acids is 1. The van der Waals surface area contributed by atoms with Gasteiger partial charge in [0.2, 0.25) is 0 Å². The number of hydrogen-bond donors (Lipinski definition) is 2. The van der Waals surface area contributed by atoms with Crippen LogP contribution in [0.5, 0.6) is 0 Å². The van der Waals surface area contributed by atoms with Crippen molar-refractivity contribution in [3.05, 3.63) is 30.3 Å². The van der Waals surface area contributed by atoms with Gasteiger partial charge in [-0.05, 0) is 24.5 Å². The number of rotatable bonds is 5. The molecule has 0 saturated heterocycles. The SMILES string of the molecule is COC(=O)C(CC(C)C)N=C(N)Nc1ccccc1. The van der Waals surface area contributed by atoms with E-state index in [4.69, 9.17) is 10.5 Å². The number of carbonyl (C=O) groups is 1. The maximum atomic E-state index is 11.6. The molecule has 0 aromatic heterocycles. The molecular formula is C14H21N3O2. The highest BCUT2D eigenvalue weighted by Gasteiger charge is 2.19. The Bertz CT molecular complexity index is 430. The average molecular weight is 263 g/mol. The molecule has 0 aliphatic carbocycles. The van der Waals surface area contributed by atoms with E-state index in [-0.39, 0.29) is 11.9 Å². The van der Waals surface area contributed by atoms with Crippen molar-refractivity contribution in [3.8, 4) is 0 Å². The molecule has 0 aliphatic rings. The number of anilines is 1. The van der Waals surface area contributed by atoms with Gasteiger partial charge in [-0.1, -0.05) is 32.0 Å². The number of nitrogens with two attached hydrogens (primary N) is 1. The topological polar surface area (TPSA) is 76.7 Å². The summed E-state index contributed by atoms with van der Waals surface area (Å²) in [5.74, 6) is 0.172. The Labute approximate surface area is 113 Å². The lowest BCUT2D eigenvalue weighted by molar-refractivity contribution is -0.142. The van der Waals surface area contributed by atoms with Crippen LogP contribution in [-0.4, -0.2) is 25.1 Å². The maximum Gasteiger partial charge on any atom is 0.330 e. The lowest BCUT2D eigenvalue weighted by atomic mass is 10.0. The molecule has 1 unspecified atom stereocenters. The van der Waals surface area contributed by atoms with Gasteiger partial charge in [-0.25, -0.2) is 9.79 Å². The molecule has 1 aromatic carbocycles. The van der Waals surface area contributed by atoms with Crippen LogP contribution in [0.1, 0.15) is 20.3 Å². The van der Waals surface area contributed by atoms with Gasteiger partial charge in [0.15, 0.2) is 12.0 Å². The van der Waals surface area contributed by atoms with E-state index in [1.54, 1.807) is 0 Å². The monoisotopic (exact) mass is 263 g/mol. The number of aliphatic imine (C=N–C) groups is 1. The number of guanidine groups is 1. The number of para-hydroxylation sites is 1. The zero-order chi connectivity index (χ0) is 14.3. The lowest BCUT2D eigenvalue weighted by Gasteiger charge is -2.14. The van der Waals surface area contributed by atoms with Crippen LogP contribution < -0.4 is 11.1 Å². The highest BCUT2D eigenvalue weighted by molar-refractivity contribution is 5.94. The van der Waals surface area contributed by atoms with Crippen LogP contribution in [0.15, 0.2) is 35.3 Å². The number of methoxy groups -OCH3 is 1. The summed E-state index contributed by atoms with van der Waals surface area (Å²) in [6.45, 7) is 4.04. The van der Waals surface area contributed by atoms with Gasteiger partial charge in [0, 0.05) is 5.69 Å². The van der Waals surface area contributed by atoms with Crippen molar-refractivity contribution in [1.82, 2.24) is 0 Å². The maximum absolute atomic E-state index is 11.6. The Kier molecular flexibility index (Phi) is 5.85. The Morgan fingerprint density at radius 1 is 1.37 bits per heavy atom. The first kappa shape index (κ1) is 15.0. The summed E-state index contributed by atoms with van der Waals surface area (Å²) in [6.07, 6.45) is 0.601. The zero-order valence-electron chi connectivity index (χ0n) is 11.6. The van der Waals surface area contributed by atoms with Crippen LogP contribution in [0.25, 0.3) is 0 Å². The largest absolute Gasteiger partial charge is 0.467 e. The molecule has 1 rings (SSSR count). The van der Waals surface area contributed by atoms with Crippen molar-refractivity contribution in [2.75, 3.05) is 12.4 Å². The highest BCUT2D eigenvalue weighted by Crippen LogP contribution is 2.10. The van der Waals surface area contributed by atoms with E-state index in [1.807, 2.05) is 44.2 Å². The predicted molar refractivity (Wildman–Crippen MR) is 76.9 cm³/mol. The quantitative estimate of drug-likeness (QED) is 0.484. The number of benzene rings is 1. The molecule has 104 valence electrons. The molecule has 0 radical (unpaired) electrons. The second-order valence-electron chi connectivity index (χ2n) is 4.67. The van der Waals surface area contributed by atoms with Gasteiger partial charge in [-0.3, -0.25) is 0 Å². The normalized spacial score (nSPS) is 13.2. The molecule has 0 heterocycles. The smallest absolute Gasteiger partial charge is 0.330 e. The molecule has 3 N–H and O–H groups in total. The first-order chi connectivity index (χ1) is 9.02. The lowest BCUT2D eigenvalue weighted by Crippen LogP contribution is -2.30. The minimum Gasteiger partial charge on any atom is -0.467 e. The average Bonchev–Trinajstić information content (AvgIpc) is 2.37. The molecular weight excluding hydrogens is 242 g/mol. The molecule has 0 bridgehead atoms. The van der Waals surface area contributed by atoms with E-state index in [1.165, 1.54) is 7.11 Å². The van der Waals surface area contributed by atoms with Crippen LogP contribution in [0.4, 0.5) is 5.69 Å². The van der Waals surface area contributed by atoms with Crippen molar-refractivity contribution in [1.29, 1.82) is 0 Å². The molecule has 0 spiro atoms. The fourth-order valence-electron chi connectivity index (χ4n) is 1.65. The van der Waals surface area contributed by atoms with Gasteiger partial charge >= 0.3 is 5.97 Å². The van der Waals surface area contributed by atoms with Crippen molar-refractivity contribution in [3.63, 3.8) is 0 Å². The molecule has 5 nitrogen and oxygen atoms in total. The zero-order valence-corrected chi connectivity index (χ0v) is 11.6. The molecule has 0 aliphatic heterocycles. The van der Waals surface area contributed by atoms with Crippen LogP contribution in [-0.2, 0) is 9.53 Å². The van der Waals surface area contributed by atoms with E-state index < -0.39 is 6.04 Å². The first-order valence-corrected chi connectivity index (χ1v) is 6.26. The number of hydrogen-bond acceptors (Lipinski definition) is 3. The van der Waals surface area contributed by atoms with Crippen molar-refractivity contribution < 1.29 is 9.53 Å². The summed E-state index contributed by atoms with van der Waals surface area (Å²) < 4.78 is 4.73. The summed E-state index contributed by atoms with van der Waals surface area (Å²) in [5.41, 5.74) is 6.64. The third kappa shape index (κ3) is 5.42. The predicted octanol–water partition coefficient (Wildman–Crippen LogP) is 2.00. The second-order valence-corrected chi connectivity index (χ2v) is 4.67. The summed E-state index contributed by atoms with van der Waals surface area (Å²) >= 11 is 0. The number of esters is 1. The van der Waals surface area contributed by atoms with E-state index in [2.05, 4.69) is 10.3 Å². The third-order valence-corrected chi connectivity index (χ3v) is 2.51. The molecule has 1 aromatic rings. The molecule has 1 atom stereocenters. The molecule has 0 fully saturated rings. The summed E-state index contributed by atoms with van der Waals surface area (Å²) in [4.78, 5) is 15.8. The number of nitrogens with one attached hydrogen (secondary N) is 1. The Hall–Kier alpha value is -2.04. The van der Waals surface area contributed by atoms with Crippen molar-refractivity contribution >= 4 is 17.6 Å². The third-order valence-electron chi connectivity index (χ3n) is 2.51. The van der Waals surface area contributed by atoms with Gasteiger partial charge in [-0.15, -0.1) is 0 Å². The Balaban J connectivity index is 2.74. The highest BCUT2D eigenvalue weighted by atomic mass is 16.5. The van der Waals surface area contributed by atoms with Gasteiger partial charge in [-0.2, -0.15) is 0 Å². The van der Waals surface area contributed by atoms with E-state index >= 15 is 0 Å². The minimum absolute atomic E-state index is 0.210. The van der Waals surface area contributed by atoms with E-state index in [9.17, 15) is 4.79 Å². The fraction of sp³-hybridized carbons (Fsp3) is 0.429. The van der Waals surface area contributed by atoms with Gasteiger partial charge < -0.3 is 15.8 Å². The van der Waals surface area contributed by atoms with Gasteiger partial charge in [0.1, 0.15) is 0 Å². The summed E-state index contributed by atoms with van der Waals surface area (Å²) in [6, 6.07) is 8.87. The van der Waals surface area contributed by atoms with E-state index in [0.717, 1.165) is 5.69 Å². The molecule has 0 saturated carbocycles. The van der Waals surface area contributed by atoms with E-state index in [0.29, 0.717) is 12.3 Å². The van der Waals surface area contributed by atoms with Crippen LogP contribution >= 0.6 is 0 Å². The molecule has 5 heteroatoms. The van der Waals surface area contributed by atoms with Crippen molar-refractivity contribution in [2.24, 2.45) is 16.6 Å². The van der Waals surface area contributed by atoms with Crippen LogP contribution in [0.2, 0.25) is 0 Å². The fourth-order valence-corrected chi connectivity index (χ4v) is 1.65. The van der Waals surface area contributed by atoms with Crippen molar-refractivity contribution in [2.45, 2.75) is 26.3 Å². The number of nitrogens with zero attached hydrogens (tertiary/aromatic N) is 1. The summed E-state index contributed by atoms with van der Waals surface area (Å²) in [5, 5.41) is 2.94. The summed E-state index contributed by atoms with van der Waals surface area (Å²) in [7, 11) is 1.35. The standard InChI is InChI=1S/C14H21N3O2/c1-10(2)9-12(13(18)19-3)17-14(15)16-11-7-5-4-6-8-11/h4-8,10,12H,9H2,1-3H3,(H3,15,16,17). The Morgan fingerprint density at radius 2 is 2.00 bits per heavy atom. The van der Waals surface area contributed by atoms with Gasteiger partial charge in [0.25, 0.3) is 0 Å². The minimum atomic E-state index is -0.568. The van der Waals surface area contributed by atoms with Gasteiger partial charge in [0.05, 0.1) is 7.11 Å². The van der Waals surface area contributed by atoms with Crippen LogP contribution in [0.3, 0.4) is 0 Å².